The lowest BCUT2D eigenvalue weighted by Crippen LogP contribution is -2.44. The highest BCUT2D eigenvalue weighted by molar-refractivity contribution is 6.12. The van der Waals surface area contributed by atoms with E-state index in [1.807, 2.05) is 4.90 Å². The van der Waals surface area contributed by atoms with Gasteiger partial charge < -0.3 is 30.0 Å². The first kappa shape index (κ1) is 23.7. The average molecular weight is 471 g/mol. The van der Waals surface area contributed by atoms with Crippen LogP contribution in [0, 0.1) is 11.8 Å². The summed E-state index contributed by atoms with van der Waals surface area (Å²) in [6, 6.07) is 4.58. The first-order valence-corrected chi connectivity index (χ1v) is 11.5. The van der Waals surface area contributed by atoms with Crippen molar-refractivity contribution in [2.45, 2.75) is 25.7 Å². The first-order valence-electron chi connectivity index (χ1n) is 11.5. The van der Waals surface area contributed by atoms with Crippen molar-refractivity contribution in [2.75, 3.05) is 45.7 Å². The number of anilines is 1. The molecule has 34 heavy (non-hydrogen) atoms. The molecule has 182 valence electrons. The quantitative estimate of drug-likeness (QED) is 0.685. The Morgan fingerprint density at radius 2 is 1.68 bits per heavy atom. The lowest BCUT2D eigenvalue weighted by atomic mass is 9.80. The minimum absolute atomic E-state index is 0.00819. The summed E-state index contributed by atoms with van der Waals surface area (Å²) in [6.07, 6.45) is 2.42. The summed E-state index contributed by atoms with van der Waals surface area (Å²) in [4.78, 5) is 53.5. The number of carbonyl (C=O) groups excluding carboxylic acids is 4. The van der Waals surface area contributed by atoms with E-state index in [2.05, 4.69) is 5.32 Å². The topological polar surface area (TPSA) is 135 Å². The molecule has 2 aliphatic rings. The molecule has 2 fully saturated rings. The van der Waals surface area contributed by atoms with Gasteiger partial charge in [-0.1, -0.05) is 0 Å². The number of nitrogens with zero attached hydrogens (tertiary/aromatic N) is 2. The fraction of sp³-hybridized carbons (Fsp3) is 0.500. The minimum atomic E-state index is -0.621. The third-order valence-electron chi connectivity index (χ3n) is 6.59. The molecule has 0 atom stereocenters. The van der Waals surface area contributed by atoms with Gasteiger partial charge in [-0.25, -0.2) is 0 Å². The molecular weight excluding hydrogens is 440 g/mol. The van der Waals surface area contributed by atoms with Gasteiger partial charge in [-0.2, -0.15) is 0 Å². The van der Waals surface area contributed by atoms with Crippen LogP contribution >= 0.6 is 0 Å². The number of furan rings is 1. The molecule has 0 radical (unpaired) electrons. The fourth-order valence-electron chi connectivity index (χ4n) is 4.60. The van der Waals surface area contributed by atoms with Gasteiger partial charge in [-0.05, 0) is 43.9 Å². The number of rotatable bonds is 5. The standard InChI is InChI=1S/C24H30N4O6/c1-27(2)24(32)20-19(17-13-16(21(25)29)7-8-18(17)34-20)26-22(30)14-3-5-15(6-4-14)23(31)28-9-11-33-12-10-28/h7-8,13-15H,3-6,9-12H2,1-2H3,(H2,25,29)(H,26,30). The number of primary amides is 1. The number of amides is 4. The molecule has 4 amide bonds. The van der Waals surface area contributed by atoms with Crippen LogP contribution in [0.3, 0.4) is 0 Å². The average Bonchev–Trinajstić information content (AvgIpc) is 3.20. The minimum Gasteiger partial charge on any atom is -0.449 e. The lowest BCUT2D eigenvalue weighted by molar-refractivity contribution is -0.141. The van der Waals surface area contributed by atoms with Crippen LogP contribution in [0.1, 0.15) is 46.6 Å². The van der Waals surface area contributed by atoms with Crippen LogP contribution in [0.25, 0.3) is 11.0 Å². The van der Waals surface area contributed by atoms with E-state index in [4.69, 9.17) is 14.9 Å². The second-order valence-corrected chi connectivity index (χ2v) is 9.06. The van der Waals surface area contributed by atoms with Crippen LogP contribution in [0.4, 0.5) is 5.69 Å². The van der Waals surface area contributed by atoms with Gasteiger partial charge in [-0.15, -0.1) is 0 Å². The zero-order valence-corrected chi connectivity index (χ0v) is 19.5. The smallest absolute Gasteiger partial charge is 0.291 e. The monoisotopic (exact) mass is 470 g/mol. The molecule has 0 unspecified atom stereocenters. The Morgan fingerprint density at radius 1 is 1.03 bits per heavy atom. The largest absolute Gasteiger partial charge is 0.449 e. The highest BCUT2D eigenvalue weighted by atomic mass is 16.5. The molecule has 4 rings (SSSR count). The number of carbonyl (C=O) groups is 4. The Morgan fingerprint density at radius 3 is 2.29 bits per heavy atom. The number of ether oxygens (including phenoxy) is 1. The van der Waals surface area contributed by atoms with E-state index in [9.17, 15) is 19.2 Å². The highest BCUT2D eigenvalue weighted by Gasteiger charge is 2.34. The van der Waals surface area contributed by atoms with Crippen molar-refractivity contribution in [3.05, 3.63) is 29.5 Å². The number of nitrogens with two attached hydrogens (primary N) is 1. The summed E-state index contributed by atoms with van der Waals surface area (Å²) in [5.41, 5.74) is 6.25. The maximum Gasteiger partial charge on any atom is 0.291 e. The highest BCUT2D eigenvalue weighted by Crippen LogP contribution is 2.35. The Bertz CT molecular complexity index is 1110. The molecule has 1 aromatic heterocycles. The normalized spacial score (nSPS) is 20.7. The van der Waals surface area contributed by atoms with E-state index in [1.165, 1.54) is 17.0 Å². The molecule has 1 saturated heterocycles. The van der Waals surface area contributed by atoms with E-state index < -0.39 is 11.8 Å². The Labute approximate surface area is 197 Å². The Balaban J connectivity index is 1.50. The van der Waals surface area contributed by atoms with E-state index in [-0.39, 0.29) is 40.7 Å². The van der Waals surface area contributed by atoms with Gasteiger partial charge >= 0.3 is 0 Å². The van der Waals surface area contributed by atoms with E-state index in [1.54, 1.807) is 20.2 Å². The first-order chi connectivity index (χ1) is 16.3. The summed E-state index contributed by atoms with van der Waals surface area (Å²) in [6.45, 7) is 2.35. The zero-order valence-electron chi connectivity index (χ0n) is 19.5. The summed E-state index contributed by atoms with van der Waals surface area (Å²) in [5, 5.41) is 3.30. The van der Waals surface area contributed by atoms with Crippen LogP contribution < -0.4 is 11.1 Å². The second kappa shape index (κ2) is 9.84. The molecule has 10 nitrogen and oxygen atoms in total. The number of hydrogen-bond acceptors (Lipinski definition) is 6. The molecule has 10 heteroatoms. The van der Waals surface area contributed by atoms with Gasteiger partial charge in [0, 0.05) is 50.0 Å². The molecule has 1 aliphatic heterocycles. The summed E-state index contributed by atoms with van der Waals surface area (Å²) >= 11 is 0. The number of nitrogens with one attached hydrogen (secondary N) is 1. The predicted octanol–water partition coefficient (Wildman–Crippen LogP) is 1.84. The number of morpholine rings is 1. The molecule has 3 N–H and O–H groups in total. The maximum atomic E-state index is 13.2. The van der Waals surface area contributed by atoms with Crippen molar-refractivity contribution >= 4 is 40.3 Å². The van der Waals surface area contributed by atoms with Crippen LogP contribution in [-0.4, -0.2) is 73.8 Å². The van der Waals surface area contributed by atoms with Crippen LogP contribution in [-0.2, 0) is 14.3 Å². The van der Waals surface area contributed by atoms with Gasteiger partial charge in [0.2, 0.25) is 23.5 Å². The Kier molecular flexibility index (Phi) is 6.87. The summed E-state index contributed by atoms with van der Waals surface area (Å²) in [5.74, 6) is -1.51. The SMILES string of the molecule is CN(C)C(=O)c1oc2ccc(C(N)=O)cc2c1NC(=O)C1CCC(C(=O)N2CCOCC2)CC1. The number of benzene rings is 1. The van der Waals surface area contributed by atoms with Gasteiger partial charge in [0.1, 0.15) is 11.3 Å². The molecule has 2 heterocycles. The van der Waals surface area contributed by atoms with Crippen molar-refractivity contribution in [3.8, 4) is 0 Å². The van der Waals surface area contributed by atoms with Gasteiger partial charge in [0.15, 0.2) is 0 Å². The van der Waals surface area contributed by atoms with Gasteiger partial charge in [0.25, 0.3) is 5.91 Å². The maximum absolute atomic E-state index is 13.2. The molecule has 0 spiro atoms. The van der Waals surface area contributed by atoms with E-state index in [0.29, 0.717) is 63.0 Å². The molecule has 1 aromatic carbocycles. The van der Waals surface area contributed by atoms with Crippen LogP contribution in [0.2, 0.25) is 0 Å². The molecule has 0 bridgehead atoms. The third-order valence-corrected chi connectivity index (χ3v) is 6.59. The molecular formula is C24H30N4O6. The van der Waals surface area contributed by atoms with Crippen molar-refractivity contribution in [1.29, 1.82) is 0 Å². The van der Waals surface area contributed by atoms with E-state index >= 15 is 0 Å². The van der Waals surface area contributed by atoms with E-state index in [0.717, 1.165) is 0 Å². The van der Waals surface area contributed by atoms with Crippen molar-refractivity contribution in [1.82, 2.24) is 9.80 Å². The number of fused-ring (bicyclic) bond motifs is 1. The zero-order chi connectivity index (χ0) is 24.4. The van der Waals surface area contributed by atoms with Crippen LogP contribution in [0.5, 0.6) is 0 Å². The lowest BCUT2D eigenvalue weighted by Gasteiger charge is -2.33. The summed E-state index contributed by atoms with van der Waals surface area (Å²) in [7, 11) is 3.17. The molecule has 1 aliphatic carbocycles. The second-order valence-electron chi connectivity index (χ2n) is 9.06. The third kappa shape index (κ3) is 4.77. The Hall–Kier alpha value is -3.40. The van der Waals surface area contributed by atoms with Gasteiger partial charge in [0.05, 0.1) is 13.2 Å². The fourth-order valence-corrected chi connectivity index (χ4v) is 4.60. The number of hydrogen-bond donors (Lipinski definition) is 2. The van der Waals surface area contributed by atoms with Crippen molar-refractivity contribution in [3.63, 3.8) is 0 Å². The van der Waals surface area contributed by atoms with Crippen molar-refractivity contribution in [2.24, 2.45) is 17.6 Å². The molecule has 2 aromatic rings. The molecule has 1 saturated carbocycles. The summed E-state index contributed by atoms with van der Waals surface area (Å²) < 4.78 is 11.1. The predicted molar refractivity (Wildman–Crippen MR) is 124 cm³/mol. The van der Waals surface area contributed by atoms with Crippen molar-refractivity contribution < 1.29 is 28.3 Å². The van der Waals surface area contributed by atoms with Crippen LogP contribution in [0.15, 0.2) is 22.6 Å². The van der Waals surface area contributed by atoms with Gasteiger partial charge in [-0.3, -0.25) is 19.2 Å².